The minimum atomic E-state index is -1.14. The maximum absolute atomic E-state index is 14.1. The van der Waals surface area contributed by atoms with Gasteiger partial charge in [0.25, 0.3) is 5.91 Å². The molecule has 0 aliphatic carbocycles. The van der Waals surface area contributed by atoms with Gasteiger partial charge >= 0.3 is 0 Å². The van der Waals surface area contributed by atoms with Gasteiger partial charge in [-0.1, -0.05) is 72.3 Å². The van der Waals surface area contributed by atoms with Gasteiger partial charge in [0.05, 0.1) is 20.1 Å². The van der Waals surface area contributed by atoms with E-state index in [1.165, 1.54) is 16.5 Å². The molecule has 1 aliphatic rings. The van der Waals surface area contributed by atoms with Crippen molar-refractivity contribution in [2.45, 2.75) is 44.4 Å². The molecule has 0 aromatic heterocycles. The maximum Gasteiger partial charge on any atom is 0.256 e. The highest BCUT2D eigenvalue weighted by atomic mass is 35.5. The highest BCUT2D eigenvalue weighted by Gasteiger charge is 2.37. The van der Waals surface area contributed by atoms with Crippen molar-refractivity contribution in [1.29, 1.82) is 0 Å². The van der Waals surface area contributed by atoms with Crippen LogP contribution in [-0.4, -0.2) is 51.8 Å². The lowest BCUT2D eigenvalue weighted by atomic mass is 9.98. The Morgan fingerprint density at radius 2 is 1.71 bits per heavy atom. The Kier molecular flexibility index (Phi) is 14.3. The Labute approximate surface area is 298 Å². The first-order valence-corrected chi connectivity index (χ1v) is 16.5. The highest BCUT2D eigenvalue weighted by molar-refractivity contribution is 6.30. The molecule has 260 valence electrons. The van der Waals surface area contributed by atoms with E-state index >= 15 is 0 Å². The summed E-state index contributed by atoms with van der Waals surface area (Å²) in [7, 11) is 3.19. The minimum absolute atomic E-state index is 0. The van der Waals surface area contributed by atoms with Crippen molar-refractivity contribution in [3.63, 3.8) is 0 Å². The number of carbonyl (C=O) groups is 2. The third-order valence-electron chi connectivity index (χ3n) is 8.26. The molecule has 0 saturated carbocycles. The smallest absolute Gasteiger partial charge is 0.256 e. The number of fused-ring (bicyclic) bond motifs is 1. The number of para-hydroxylation sites is 1. The molecule has 49 heavy (non-hydrogen) atoms. The van der Waals surface area contributed by atoms with Crippen molar-refractivity contribution in [3.05, 3.63) is 124 Å². The quantitative estimate of drug-likeness (QED) is 0.129. The molecule has 5 rings (SSSR count). The number of halogens is 3. The highest BCUT2D eigenvalue weighted by Crippen LogP contribution is 2.45. The van der Waals surface area contributed by atoms with Gasteiger partial charge in [0.2, 0.25) is 5.91 Å². The van der Waals surface area contributed by atoms with Crippen LogP contribution in [0.1, 0.15) is 47.6 Å². The second-order valence-electron chi connectivity index (χ2n) is 11.6. The van der Waals surface area contributed by atoms with E-state index in [4.69, 9.17) is 25.8 Å². The summed E-state index contributed by atoms with van der Waals surface area (Å²) in [5, 5.41) is 6.65. The van der Waals surface area contributed by atoms with E-state index in [0.29, 0.717) is 45.5 Å². The maximum atomic E-state index is 14.1. The van der Waals surface area contributed by atoms with Crippen LogP contribution in [0.2, 0.25) is 5.02 Å². The van der Waals surface area contributed by atoms with Crippen LogP contribution >= 0.6 is 24.0 Å². The van der Waals surface area contributed by atoms with Gasteiger partial charge in [-0.2, -0.15) is 0 Å². The summed E-state index contributed by atoms with van der Waals surface area (Å²) in [6, 6.07) is 27.4. The summed E-state index contributed by atoms with van der Waals surface area (Å²) in [6.45, 7) is 2.18. The second-order valence-corrected chi connectivity index (χ2v) is 12.0. The Bertz CT molecular complexity index is 1690. The van der Waals surface area contributed by atoms with E-state index in [9.17, 15) is 14.0 Å². The van der Waals surface area contributed by atoms with Crippen molar-refractivity contribution < 1.29 is 28.2 Å². The summed E-state index contributed by atoms with van der Waals surface area (Å²) in [5.74, 6) is -0.274. The minimum Gasteiger partial charge on any atom is -0.492 e. The first-order valence-electron chi connectivity index (χ1n) is 16.1. The van der Waals surface area contributed by atoms with Crippen LogP contribution in [0.15, 0.2) is 91.0 Å². The largest absolute Gasteiger partial charge is 0.492 e. The fourth-order valence-corrected chi connectivity index (χ4v) is 5.94. The van der Waals surface area contributed by atoms with Gasteiger partial charge < -0.3 is 29.7 Å². The number of nitrogens with zero attached hydrogens (tertiary/aromatic N) is 1. The van der Waals surface area contributed by atoms with Crippen LogP contribution in [-0.2, 0) is 27.3 Å². The van der Waals surface area contributed by atoms with Crippen molar-refractivity contribution in [2.24, 2.45) is 0 Å². The molecule has 0 spiro atoms. The average Bonchev–Trinajstić information content (AvgIpc) is 3.19. The first-order chi connectivity index (χ1) is 23.4. The second kappa shape index (κ2) is 18.6. The standard InChI is InChI=1S/C38H41ClFN3O5.ClH/c1-43-32-19-18-28(39)23-30(32)36(48-34(38(43)45)24-35(44)42-25-27-14-6-7-16-31(27)40)29-15-8-17-33(37(29)46-2)47-22-10-21-41-20-9-13-26-11-4-3-5-12-26;/h3-8,11-12,14-19,23,34,36,41H,9-10,13,20-22,24-25H2,1-2H3,(H,42,44);1H/t34-,36-;/m0./s1. The zero-order valence-corrected chi connectivity index (χ0v) is 29.2. The van der Waals surface area contributed by atoms with E-state index in [1.807, 2.05) is 24.3 Å². The van der Waals surface area contributed by atoms with Crippen LogP contribution in [0.3, 0.4) is 0 Å². The van der Waals surface area contributed by atoms with Gasteiger partial charge in [0.15, 0.2) is 11.5 Å². The average molecular weight is 711 g/mol. The van der Waals surface area contributed by atoms with Gasteiger partial charge in [0.1, 0.15) is 18.0 Å². The molecule has 0 fully saturated rings. The molecule has 0 bridgehead atoms. The fraction of sp³-hybridized carbons (Fsp3) is 0.316. The topological polar surface area (TPSA) is 89.1 Å². The molecule has 2 amide bonds. The van der Waals surface area contributed by atoms with Crippen molar-refractivity contribution in [2.75, 3.05) is 38.8 Å². The number of ether oxygens (including phenoxy) is 3. The normalized spacial score (nSPS) is 15.5. The lowest BCUT2D eigenvalue weighted by Crippen LogP contribution is -2.40. The molecule has 0 radical (unpaired) electrons. The number of likely N-dealkylation sites (N-methyl/N-ethyl adjacent to an activating group) is 1. The van der Waals surface area contributed by atoms with Crippen LogP contribution < -0.4 is 25.0 Å². The number of anilines is 1. The molecule has 8 nitrogen and oxygen atoms in total. The van der Waals surface area contributed by atoms with Gasteiger partial charge in [-0.3, -0.25) is 9.59 Å². The molecule has 11 heteroatoms. The van der Waals surface area contributed by atoms with E-state index in [2.05, 4.69) is 34.9 Å². The Balaban J connectivity index is 0.00000541. The van der Waals surface area contributed by atoms with Crippen molar-refractivity contribution in [1.82, 2.24) is 10.6 Å². The monoisotopic (exact) mass is 709 g/mol. The lowest BCUT2D eigenvalue weighted by Gasteiger charge is -2.24. The summed E-state index contributed by atoms with van der Waals surface area (Å²) in [6.07, 6.45) is 0.648. The predicted octanol–water partition coefficient (Wildman–Crippen LogP) is 7.06. The number of amides is 2. The summed E-state index contributed by atoms with van der Waals surface area (Å²) in [5.41, 5.74) is 3.54. The molecule has 1 heterocycles. The number of benzene rings is 4. The number of rotatable bonds is 15. The number of hydrogen-bond acceptors (Lipinski definition) is 6. The number of hydrogen-bond donors (Lipinski definition) is 2. The molecule has 0 unspecified atom stereocenters. The number of methoxy groups -OCH3 is 1. The van der Waals surface area contributed by atoms with E-state index in [1.54, 1.807) is 50.6 Å². The molecule has 2 atom stereocenters. The number of nitrogens with one attached hydrogen (secondary N) is 2. The molecule has 0 saturated heterocycles. The summed E-state index contributed by atoms with van der Waals surface area (Å²) in [4.78, 5) is 28.2. The molecule has 4 aromatic rings. The van der Waals surface area contributed by atoms with Crippen LogP contribution in [0.4, 0.5) is 10.1 Å². The van der Waals surface area contributed by atoms with Gasteiger partial charge in [-0.15, -0.1) is 12.4 Å². The summed E-state index contributed by atoms with van der Waals surface area (Å²) >= 11 is 6.45. The Morgan fingerprint density at radius 3 is 2.49 bits per heavy atom. The Morgan fingerprint density at radius 1 is 0.959 bits per heavy atom. The van der Waals surface area contributed by atoms with E-state index in [0.717, 1.165) is 32.4 Å². The predicted molar refractivity (Wildman–Crippen MR) is 192 cm³/mol. The fourth-order valence-electron chi connectivity index (χ4n) is 5.76. The zero-order chi connectivity index (χ0) is 33.9. The van der Waals surface area contributed by atoms with Crippen LogP contribution in [0.25, 0.3) is 0 Å². The van der Waals surface area contributed by atoms with Crippen LogP contribution in [0.5, 0.6) is 11.5 Å². The van der Waals surface area contributed by atoms with Gasteiger partial charge in [0, 0.05) is 41.0 Å². The number of aryl methyl sites for hydroxylation is 1. The molecular formula is C38H42Cl2FN3O5. The first kappa shape index (κ1) is 37.7. The van der Waals surface area contributed by atoms with E-state index < -0.39 is 29.8 Å². The molecule has 2 N–H and O–H groups in total. The van der Waals surface area contributed by atoms with Gasteiger partial charge in [-0.05, 0) is 68.2 Å². The molecule has 4 aromatic carbocycles. The summed E-state index contributed by atoms with van der Waals surface area (Å²) < 4.78 is 32.7. The molecular weight excluding hydrogens is 668 g/mol. The van der Waals surface area contributed by atoms with E-state index in [-0.39, 0.29) is 25.4 Å². The van der Waals surface area contributed by atoms with Crippen molar-refractivity contribution >= 4 is 41.5 Å². The third kappa shape index (κ3) is 9.95. The third-order valence-corrected chi connectivity index (χ3v) is 8.49. The SMILES string of the molecule is COc1c(OCCCNCCCc2ccccc2)cccc1[C@@H]1O[C@@H](CC(=O)NCc2ccccc2F)C(=O)N(C)c2ccc(Cl)cc21.Cl. The molecule has 1 aliphatic heterocycles. The van der Waals surface area contributed by atoms with Crippen molar-refractivity contribution in [3.8, 4) is 11.5 Å². The van der Waals surface area contributed by atoms with Gasteiger partial charge in [-0.25, -0.2) is 4.39 Å². The number of carbonyl (C=O) groups excluding carboxylic acids is 2. The lowest BCUT2D eigenvalue weighted by molar-refractivity contribution is -0.137. The van der Waals surface area contributed by atoms with Crippen LogP contribution in [0, 0.1) is 5.82 Å². The zero-order valence-electron chi connectivity index (χ0n) is 27.6. The Hall–Kier alpha value is -4.15.